The molecule has 0 bridgehead atoms. The summed E-state index contributed by atoms with van der Waals surface area (Å²) in [6.45, 7) is 5.18. The van der Waals surface area contributed by atoms with Crippen LogP contribution >= 0.6 is 0 Å². The molecule has 1 amide bonds. The van der Waals surface area contributed by atoms with Crippen LogP contribution in [0.3, 0.4) is 0 Å². The van der Waals surface area contributed by atoms with Crippen LogP contribution < -0.4 is 5.32 Å². The van der Waals surface area contributed by atoms with Crippen molar-refractivity contribution >= 4 is 15.9 Å². The molecular weight excluding hydrogens is 360 g/mol. The minimum absolute atomic E-state index is 0.128. The summed E-state index contributed by atoms with van der Waals surface area (Å²) >= 11 is 0. The van der Waals surface area contributed by atoms with E-state index in [2.05, 4.69) is 24.4 Å². The van der Waals surface area contributed by atoms with Gasteiger partial charge >= 0.3 is 0 Å². The summed E-state index contributed by atoms with van der Waals surface area (Å²) in [4.78, 5) is 12.7. The summed E-state index contributed by atoms with van der Waals surface area (Å²) in [7, 11) is -3.45. The number of benzene rings is 2. The molecule has 1 fully saturated rings. The van der Waals surface area contributed by atoms with E-state index in [1.54, 1.807) is 12.1 Å². The van der Waals surface area contributed by atoms with Crippen LogP contribution in [0.15, 0.2) is 53.4 Å². The standard InChI is InChI=1S/C21H26N2O3S/c1-3-17-6-8-18(9-7-17)16(2)22-21(24)19-10-12-20(13-11-19)27(25,26)23-14-4-5-15-23/h6-13,16H,3-5,14-15H2,1-2H3,(H,22,24)/t16-/m0/s1. The number of rotatable bonds is 6. The summed E-state index contributed by atoms with van der Waals surface area (Å²) < 4.78 is 26.6. The molecule has 144 valence electrons. The Balaban J connectivity index is 1.68. The van der Waals surface area contributed by atoms with Crippen LogP contribution in [0.1, 0.15) is 54.2 Å². The van der Waals surface area contributed by atoms with E-state index in [1.165, 1.54) is 22.0 Å². The molecule has 27 heavy (non-hydrogen) atoms. The fourth-order valence-corrected chi connectivity index (χ4v) is 4.78. The maximum absolute atomic E-state index is 12.6. The molecular formula is C21H26N2O3S. The lowest BCUT2D eigenvalue weighted by atomic mass is 10.0. The van der Waals surface area contributed by atoms with Gasteiger partial charge in [-0.05, 0) is 61.6 Å². The molecule has 1 aliphatic rings. The summed E-state index contributed by atoms with van der Waals surface area (Å²) in [5.41, 5.74) is 2.74. The molecule has 1 aliphatic heterocycles. The number of hydrogen-bond acceptors (Lipinski definition) is 3. The van der Waals surface area contributed by atoms with Crippen molar-refractivity contribution in [3.63, 3.8) is 0 Å². The normalized spacial score (nSPS) is 16.2. The van der Waals surface area contributed by atoms with E-state index in [4.69, 9.17) is 0 Å². The number of carbonyl (C=O) groups is 1. The number of nitrogens with zero attached hydrogens (tertiary/aromatic N) is 1. The lowest BCUT2D eigenvalue weighted by Crippen LogP contribution is -2.28. The van der Waals surface area contributed by atoms with Gasteiger partial charge in [-0.2, -0.15) is 4.31 Å². The molecule has 3 rings (SSSR count). The highest BCUT2D eigenvalue weighted by molar-refractivity contribution is 7.89. The van der Waals surface area contributed by atoms with Gasteiger partial charge in [0.15, 0.2) is 0 Å². The molecule has 1 atom stereocenters. The highest BCUT2D eigenvalue weighted by atomic mass is 32.2. The quantitative estimate of drug-likeness (QED) is 0.826. The fourth-order valence-electron chi connectivity index (χ4n) is 3.26. The predicted molar refractivity (Wildman–Crippen MR) is 106 cm³/mol. The van der Waals surface area contributed by atoms with Gasteiger partial charge in [0.1, 0.15) is 0 Å². The van der Waals surface area contributed by atoms with Crippen molar-refractivity contribution in [1.29, 1.82) is 0 Å². The van der Waals surface area contributed by atoms with Crippen molar-refractivity contribution in [1.82, 2.24) is 9.62 Å². The van der Waals surface area contributed by atoms with Gasteiger partial charge in [-0.25, -0.2) is 8.42 Å². The molecule has 0 saturated carbocycles. The molecule has 2 aromatic rings. The first kappa shape index (κ1) is 19.6. The van der Waals surface area contributed by atoms with E-state index in [1.807, 2.05) is 19.1 Å². The lowest BCUT2D eigenvalue weighted by Gasteiger charge is -2.17. The van der Waals surface area contributed by atoms with Gasteiger partial charge in [0.2, 0.25) is 10.0 Å². The van der Waals surface area contributed by atoms with E-state index >= 15 is 0 Å². The van der Waals surface area contributed by atoms with Gasteiger partial charge in [0.05, 0.1) is 10.9 Å². The number of sulfonamides is 1. The van der Waals surface area contributed by atoms with Gasteiger partial charge in [0, 0.05) is 18.7 Å². The van der Waals surface area contributed by atoms with E-state index in [0.29, 0.717) is 18.7 Å². The minimum atomic E-state index is -3.45. The van der Waals surface area contributed by atoms with Crippen LogP contribution in [-0.4, -0.2) is 31.7 Å². The van der Waals surface area contributed by atoms with Crippen molar-refractivity contribution in [3.8, 4) is 0 Å². The van der Waals surface area contributed by atoms with Gasteiger partial charge in [-0.3, -0.25) is 4.79 Å². The molecule has 0 aromatic heterocycles. The average Bonchev–Trinajstić information content (AvgIpc) is 3.24. The van der Waals surface area contributed by atoms with Crippen LogP contribution in [0.4, 0.5) is 0 Å². The Kier molecular flexibility index (Phi) is 5.97. The average molecular weight is 387 g/mol. The largest absolute Gasteiger partial charge is 0.346 e. The van der Waals surface area contributed by atoms with Gasteiger partial charge in [-0.15, -0.1) is 0 Å². The highest BCUT2D eigenvalue weighted by Crippen LogP contribution is 2.21. The van der Waals surface area contributed by atoms with E-state index in [-0.39, 0.29) is 16.8 Å². The zero-order valence-electron chi connectivity index (χ0n) is 15.8. The summed E-state index contributed by atoms with van der Waals surface area (Å²) in [6.07, 6.45) is 2.78. The molecule has 6 heteroatoms. The third-order valence-electron chi connectivity index (χ3n) is 5.05. The van der Waals surface area contributed by atoms with Crippen LogP contribution in [0.25, 0.3) is 0 Å². The van der Waals surface area contributed by atoms with Crippen molar-refractivity contribution in [3.05, 3.63) is 65.2 Å². The number of hydrogen-bond donors (Lipinski definition) is 1. The number of carbonyl (C=O) groups excluding carboxylic acids is 1. The van der Waals surface area contributed by atoms with Gasteiger partial charge in [0.25, 0.3) is 5.91 Å². The van der Waals surface area contributed by atoms with Gasteiger partial charge < -0.3 is 5.32 Å². The fraction of sp³-hybridized carbons (Fsp3) is 0.381. The Morgan fingerprint density at radius 3 is 2.19 bits per heavy atom. The Labute approximate surface area is 161 Å². The Morgan fingerprint density at radius 2 is 1.63 bits per heavy atom. The Morgan fingerprint density at radius 1 is 1.04 bits per heavy atom. The van der Waals surface area contributed by atoms with Crippen molar-refractivity contribution in [2.24, 2.45) is 0 Å². The molecule has 2 aromatic carbocycles. The first-order chi connectivity index (χ1) is 12.9. The molecule has 0 aliphatic carbocycles. The number of aryl methyl sites for hydroxylation is 1. The molecule has 1 heterocycles. The topological polar surface area (TPSA) is 66.5 Å². The molecule has 0 radical (unpaired) electrons. The molecule has 1 saturated heterocycles. The molecule has 0 unspecified atom stereocenters. The second-order valence-corrected chi connectivity index (χ2v) is 8.86. The second-order valence-electron chi connectivity index (χ2n) is 6.93. The number of nitrogens with one attached hydrogen (secondary N) is 1. The van der Waals surface area contributed by atoms with Gasteiger partial charge in [-0.1, -0.05) is 31.2 Å². The minimum Gasteiger partial charge on any atom is -0.346 e. The highest BCUT2D eigenvalue weighted by Gasteiger charge is 2.27. The first-order valence-corrected chi connectivity index (χ1v) is 10.9. The lowest BCUT2D eigenvalue weighted by molar-refractivity contribution is 0.0940. The summed E-state index contributed by atoms with van der Waals surface area (Å²) in [5.74, 6) is -0.216. The van der Waals surface area contributed by atoms with Crippen LogP contribution in [0, 0.1) is 0 Å². The monoisotopic (exact) mass is 386 g/mol. The zero-order chi connectivity index (χ0) is 19.4. The third kappa shape index (κ3) is 4.39. The van der Waals surface area contributed by atoms with E-state index < -0.39 is 10.0 Å². The molecule has 5 nitrogen and oxygen atoms in total. The number of amides is 1. The van der Waals surface area contributed by atoms with Crippen LogP contribution in [0.5, 0.6) is 0 Å². The predicted octanol–water partition coefficient (Wildman–Crippen LogP) is 3.52. The van der Waals surface area contributed by atoms with Crippen LogP contribution in [-0.2, 0) is 16.4 Å². The smallest absolute Gasteiger partial charge is 0.251 e. The van der Waals surface area contributed by atoms with Crippen molar-refractivity contribution in [2.75, 3.05) is 13.1 Å². The molecule has 1 N–H and O–H groups in total. The SMILES string of the molecule is CCc1ccc([C@H](C)NC(=O)c2ccc(S(=O)(=O)N3CCCC3)cc2)cc1. The molecule has 0 spiro atoms. The summed E-state index contributed by atoms with van der Waals surface area (Å²) in [6, 6.07) is 14.2. The van der Waals surface area contributed by atoms with Crippen molar-refractivity contribution < 1.29 is 13.2 Å². The first-order valence-electron chi connectivity index (χ1n) is 9.41. The summed E-state index contributed by atoms with van der Waals surface area (Å²) in [5, 5.41) is 2.96. The zero-order valence-corrected chi connectivity index (χ0v) is 16.6. The Hall–Kier alpha value is -2.18. The third-order valence-corrected chi connectivity index (χ3v) is 6.97. The van der Waals surface area contributed by atoms with E-state index in [0.717, 1.165) is 24.8 Å². The van der Waals surface area contributed by atoms with Crippen LogP contribution in [0.2, 0.25) is 0 Å². The van der Waals surface area contributed by atoms with Crippen molar-refractivity contribution in [2.45, 2.75) is 44.0 Å². The maximum atomic E-state index is 12.6. The van der Waals surface area contributed by atoms with E-state index in [9.17, 15) is 13.2 Å². The second kappa shape index (κ2) is 8.23. The Bertz CT molecular complexity index is 884. The maximum Gasteiger partial charge on any atom is 0.251 e.